The average Bonchev–Trinajstić information content (AvgIpc) is 3.04. The quantitative estimate of drug-likeness (QED) is 0.214. The molecule has 2 amide bonds. The van der Waals surface area contributed by atoms with Crippen LogP contribution in [0.15, 0.2) is 77.5 Å². The van der Waals surface area contributed by atoms with Crippen molar-refractivity contribution in [3.05, 3.63) is 98.6 Å². The standard InChI is InChI=1S/C27H21Cl3N2O4/c1-27(2,3)17-7-4-5-10-20(17)36-26(35)15-11-13-16(14-12-15)31-23-22(30)24(33)32(25(23)34)19-9-6-8-18(28)21(19)29/h4-14,31H,1-3H3. The summed E-state index contributed by atoms with van der Waals surface area (Å²) < 4.78 is 5.64. The number of hydrogen-bond acceptors (Lipinski definition) is 5. The molecule has 1 N–H and O–H groups in total. The third-order valence-electron chi connectivity index (χ3n) is 5.49. The first-order valence-corrected chi connectivity index (χ1v) is 12.0. The van der Waals surface area contributed by atoms with Gasteiger partial charge < -0.3 is 10.1 Å². The molecule has 0 aliphatic carbocycles. The highest BCUT2D eigenvalue weighted by Crippen LogP contribution is 2.37. The normalized spacial score (nSPS) is 13.9. The fourth-order valence-corrected chi connectivity index (χ4v) is 4.26. The molecule has 0 unspecified atom stereocenters. The zero-order valence-corrected chi connectivity index (χ0v) is 21.8. The number of nitrogens with one attached hydrogen (secondary N) is 1. The minimum absolute atomic E-state index is 0.0579. The number of benzene rings is 3. The van der Waals surface area contributed by atoms with Gasteiger partial charge in [0.1, 0.15) is 16.5 Å². The molecule has 0 spiro atoms. The number of rotatable bonds is 5. The van der Waals surface area contributed by atoms with Crippen LogP contribution in [0.1, 0.15) is 36.7 Å². The van der Waals surface area contributed by atoms with E-state index in [0.717, 1.165) is 10.5 Å². The van der Waals surface area contributed by atoms with Gasteiger partial charge in [0.2, 0.25) is 0 Å². The van der Waals surface area contributed by atoms with Gasteiger partial charge >= 0.3 is 5.97 Å². The second kappa shape index (κ2) is 9.97. The summed E-state index contributed by atoms with van der Waals surface area (Å²) in [6.07, 6.45) is 0. The molecule has 9 heteroatoms. The molecule has 0 radical (unpaired) electrons. The van der Waals surface area contributed by atoms with E-state index in [1.54, 1.807) is 42.5 Å². The van der Waals surface area contributed by atoms with Gasteiger partial charge in [-0.05, 0) is 47.9 Å². The highest BCUT2D eigenvalue weighted by Gasteiger charge is 2.40. The molecule has 6 nitrogen and oxygen atoms in total. The molecule has 184 valence electrons. The van der Waals surface area contributed by atoms with Crippen molar-refractivity contribution < 1.29 is 19.1 Å². The number of nitrogens with zero attached hydrogens (tertiary/aromatic N) is 1. The number of anilines is 2. The van der Waals surface area contributed by atoms with E-state index in [1.165, 1.54) is 6.07 Å². The van der Waals surface area contributed by atoms with Gasteiger partial charge in [-0.1, -0.05) is 79.8 Å². The topological polar surface area (TPSA) is 75.7 Å². The van der Waals surface area contributed by atoms with Crippen LogP contribution in [0.3, 0.4) is 0 Å². The Labute approximate surface area is 223 Å². The molecule has 0 saturated carbocycles. The third kappa shape index (κ3) is 4.98. The summed E-state index contributed by atoms with van der Waals surface area (Å²) in [6, 6.07) is 18.2. The van der Waals surface area contributed by atoms with Gasteiger partial charge in [0.05, 0.1) is 21.3 Å². The molecule has 0 fully saturated rings. The van der Waals surface area contributed by atoms with Crippen molar-refractivity contribution in [3.63, 3.8) is 0 Å². The molecule has 1 aliphatic rings. The molecule has 36 heavy (non-hydrogen) atoms. The summed E-state index contributed by atoms with van der Waals surface area (Å²) in [6.45, 7) is 6.11. The number of ether oxygens (including phenoxy) is 1. The summed E-state index contributed by atoms with van der Waals surface area (Å²) in [7, 11) is 0. The number of amides is 2. The van der Waals surface area contributed by atoms with E-state index in [9.17, 15) is 14.4 Å². The zero-order valence-electron chi connectivity index (χ0n) is 19.6. The van der Waals surface area contributed by atoms with E-state index in [2.05, 4.69) is 5.32 Å². The second-order valence-corrected chi connectivity index (χ2v) is 10.2. The highest BCUT2D eigenvalue weighted by atomic mass is 35.5. The predicted molar refractivity (Wildman–Crippen MR) is 142 cm³/mol. The Morgan fingerprint density at radius 1 is 0.861 bits per heavy atom. The van der Waals surface area contributed by atoms with Crippen LogP contribution >= 0.6 is 34.8 Å². The van der Waals surface area contributed by atoms with Crippen molar-refractivity contribution in [3.8, 4) is 5.75 Å². The van der Waals surface area contributed by atoms with E-state index in [-0.39, 0.29) is 31.9 Å². The van der Waals surface area contributed by atoms with Crippen molar-refractivity contribution >= 4 is 64.0 Å². The molecule has 4 rings (SSSR count). The van der Waals surface area contributed by atoms with Crippen LogP contribution in [-0.2, 0) is 15.0 Å². The van der Waals surface area contributed by atoms with Gasteiger partial charge in [-0.2, -0.15) is 0 Å². The maximum absolute atomic E-state index is 13.0. The van der Waals surface area contributed by atoms with Gasteiger partial charge in [-0.15, -0.1) is 0 Å². The Morgan fingerprint density at radius 3 is 2.19 bits per heavy atom. The van der Waals surface area contributed by atoms with Crippen LogP contribution < -0.4 is 15.0 Å². The lowest BCUT2D eigenvalue weighted by Gasteiger charge is -2.22. The molecule has 0 bridgehead atoms. The van der Waals surface area contributed by atoms with Crippen LogP contribution in [0.4, 0.5) is 11.4 Å². The number of esters is 1. The SMILES string of the molecule is CC(C)(C)c1ccccc1OC(=O)c1ccc(NC2=C(Cl)C(=O)N(c3cccc(Cl)c3Cl)C2=O)cc1. The van der Waals surface area contributed by atoms with Crippen LogP contribution in [-0.4, -0.2) is 17.8 Å². The average molecular weight is 544 g/mol. The van der Waals surface area contributed by atoms with Crippen molar-refractivity contribution in [2.45, 2.75) is 26.2 Å². The summed E-state index contributed by atoms with van der Waals surface area (Å²) in [5.41, 5.74) is 1.47. The van der Waals surface area contributed by atoms with Gasteiger partial charge in [0.15, 0.2) is 0 Å². The molecular formula is C27H21Cl3N2O4. The van der Waals surface area contributed by atoms with E-state index in [1.807, 2.05) is 39.0 Å². The van der Waals surface area contributed by atoms with Crippen molar-refractivity contribution in [1.29, 1.82) is 0 Å². The maximum Gasteiger partial charge on any atom is 0.343 e. The zero-order chi connectivity index (χ0) is 26.2. The van der Waals surface area contributed by atoms with E-state index < -0.39 is 17.8 Å². The van der Waals surface area contributed by atoms with Gasteiger partial charge in [0.25, 0.3) is 11.8 Å². The Kier molecular flexibility index (Phi) is 7.14. The third-order valence-corrected chi connectivity index (χ3v) is 6.65. The van der Waals surface area contributed by atoms with E-state index in [4.69, 9.17) is 39.5 Å². The lowest BCUT2D eigenvalue weighted by Crippen LogP contribution is -2.32. The summed E-state index contributed by atoms with van der Waals surface area (Å²) in [4.78, 5) is 39.3. The first-order valence-electron chi connectivity index (χ1n) is 10.9. The summed E-state index contributed by atoms with van der Waals surface area (Å²) in [5, 5.41) is 2.82. The van der Waals surface area contributed by atoms with E-state index in [0.29, 0.717) is 17.0 Å². The molecule has 0 atom stereocenters. The highest BCUT2D eigenvalue weighted by molar-refractivity contribution is 6.54. The summed E-state index contributed by atoms with van der Waals surface area (Å²) >= 11 is 18.4. The molecule has 3 aromatic rings. The Morgan fingerprint density at radius 2 is 1.53 bits per heavy atom. The first kappa shape index (κ1) is 25.8. The molecule has 0 aromatic heterocycles. The van der Waals surface area contributed by atoms with Gasteiger partial charge in [0, 0.05) is 11.3 Å². The second-order valence-electron chi connectivity index (χ2n) is 9.05. The number of halogens is 3. The first-order chi connectivity index (χ1) is 17.0. The van der Waals surface area contributed by atoms with Crippen LogP contribution in [0, 0.1) is 0 Å². The van der Waals surface area contributed by atoms with Crippen molar-refractivity contribution in [2.24, 2.45) is 0 Å². The Balaban J connectivity index is 1.51. The number of carbonyl (C=O) groups is 3. The minimum atomic E-state index is -0.731. The number of carbonyl (C=O) groups excluding carboxylic acids is 3. The van der Waals surface area contributed by atoms with Crippen LogP contribution in [0.2, 0.25) is 10.0 Å². The number of hydrogen-bond donors (Lipinski definition) is 1. The fraction of sp³-hybridized carbons (Fsp3) is 0.148. The molecule has 1 aliphatic heterocycles. The monoisotopic (exact) mass is 542 g/mol. The number of imide groups is 1. The number of para-hydroxylation sites is 1. The molecular weight excluding hydrogens is 523 g/mol. The van der Waals surface area contributed by atoms with Gasteiger partial charge in [-0.25, -0.2) is 9.69 Å². The molecule has 1 heterocycles. The minimum Gasteiger partial charge on any atom is -0.423 e. The Hall–Kier alpha value is -3.32. The van der Waals surface area contributed by atoms with E-state index >= 15 is 0 Å². The smallest absolute Gasteiger partial charge is 0.343 e. The van der Waals surface area contributed by atoms with Crippen molar-refractivity contribution in [2.75, 3.05) is 10.2 Å². The van der Waals surface area contributed by atoms with Crippen molar-refractivity contribution in [1.82, 2.24) is 0 Å². The maximum atomic E-state index is 13.0. The lowest BCUT2D eigenvalue weighted by molar-refractivity contribution is -0.120. The van der Waals surface area contributed by atoms with Crippen LogP contribution in [0.25, 0.3) is 0 Å². The predicted octanol–water partition coefficient (Wildman–Crippen LogP) is 6.95. The summed E-state index contributed by atoms with van der Waals surface area (Å²) in [5.74, 6) is -1.45. The Bertz CT molecular complexity index is 1410. The largest absolute Gasteiger partial charge is 0.423 e. The van der Waals surface area contributed by atoms with Gasteiger partial charge in [-0.3, -0.25) is 9.59 Å². The molecule has 0 saturated heterocycles. The lowest BCUT2D eigenvalue weighted by atomic mass is 9.86. The molecule has 3 aromatic carbocycles. The van der Waals surface area contributed by atoms with Crippen LogP contribution in [0.5, 0.6) is 5.75 Å². The fourth-order valence-electron chi connectivity index (χ4n) is 3.66.